The number of carbonyl (C=O) groups is 1. The van der Waals surface area contributed by atoms with Crippen molar-refractivity contribution in [2.45, 2.75) is 6.54 Å². The van der Waals surface area contributed by atoms with E-state index in [1.54, 1.807) is 30.3 Å². The van der Waals surface area contributed by atoms with Crippen LogP contribution < -0.4 is 0 Å². The van der Waals surface area contributed by atoms with Gasteiger partial charge in [-0.2, -0.15) is 0 Å². The van der Waals surface area contributed by atoms with E-state index in [2.05, 4.69) is 10.3 Å². The lowest BCUT2D eigenvalue weighted by Crippen LogP contribution is -2.09. The van der Waals surface area contributed by atoms with Crippen LogP contribution in [-0.2, 0) is 6.54 Å². The second-order valence-corrected chi connectivity index (χ2v) is 4.82. The number of halogens is 2. The molecule has 2 aromatic carbocycles. The molecule has 1 heterocycles. The van der Waals surface area contributed by atoms with Crippen LogP contribution in [0.15, 0.2) is 48.5 Å². The SMILES string of the molecule is O=C(O)c1nnn(Cc2c(F)cccc2F)c1-c1ccccc1. The van der Waals surface area contributed by atoms with Gasteiger partial charge in [-0.25, -0.2) is 18.3 Å². The molecule has 1 aromatic heterocycles. The summed E-state index contributed by atoms with van der Waals surface area (Å²) in [4.78, 5) is 11.3. The normalized spacial score (nSPS) is 10.7. The van der Waals surface area contributed by atoms with E-state index < -0.39 is 17.6 Å². The molecule has 0 unspecified atom stereocenters. The first kappa shape index (κ1) is 14.8. The molecule has 0 saturated heterocycles. The minimum absolute atomic E-state index is 0.195. The van der Waals surface area contributed by atoms with E-state index in [0.29, 0.717) is 5.56 Å². The lowest BCUT2D eigenvalue weighted by molar-refractivity contribution is 0.0691. The highest BCUT2D eigenvalue weighted by atomic mass is 19.1. The first-order valence-electron chi connectivity index (χ1n) is 6.73. The predicted molar refractivity (Wildman–Crippen MR) is 77.9 cm³/mol. The van der Waals surface area contributed by atoms with Crippen molar-refractivity contribution in [1.29, 1.82) is 0 Å². The number of hydrogen-bond acceptors (Lipinski definition) is 3. The smallest absolute Gasteiger partial charge is 0.358 e. The van der Waals surface area contributed by atoms with Crippen molar-refractivity contribution < 1.29 is 18.7 Å². The second kappa shape index (κ2) is 5.96. The zero-order chi connectivity index (χ0) is 16.4. The van der Waals surface area contributed by atoms with Gasteiger partial charge in [-0.1, -0.05) is 41.6 Å². The third-order valence-electron chi connectivity index (χ3n) is 3.35. The second-order valence-electron chi connectivity index (χ2n) is 4.82. The topological polar surface area (TPSA) is 68.0 Å². The summed E-state index contributed by atoms with van der Waals surface area (Å²) in [6, 6.07) is 12.1. The maximum atomic E-state index is 13.8. The number of carboxylic acids is 1. The number of hydrogen-bond donors (Lipinski definition) is 1. The maximum Gasteiger partial charge on any atom is 0.358 e. The zero-order valence-corrected chi connectivity index (χ0v) is 11.8. The van der Waals surface area contributed by atoms with E-state index in [9.17, 15) is 18.7 Å². The van der Waals surface area contributed by atoms with Crippen LogP contribution in [0.4, 0.5) is 8.78 Å². The molecule has 3 rings (SSSR count). The highest BCUT2D eigenvalue weighted by molar-refractivity contribution is 5.92. The Hall–Kier alpha value is -3.09. The largest absolute Gasteiger partial charge is 0.476 e. The Labute approximate surface area is 129 Å². The molecule has 0 fully saturated rings. The zero-order valence-electron chi connectivity index (χ0n) is 11.8. The summed E-state index contributed by atoms with van der Waals surface area (Å²) >= 11 is 0. The Morgan fingerprint density at radius 2 is 1.70 bits per heavy atom. The Morgan fingerprint density at radius 3 is 2.30 bits per heavy atom. The summed E-state index contributed by atoms with van der Waals surface area (Å²) in [7, 11) is 0. The monoisotopic (exact) mass is 315 g/mol. The summed E-state index contributed by atoms with van der Waals surface area (Å²) in [5.74, 6) is -2.71. The fourth-order valence-electron chi connectivity index (χ4n) is 2.28. The minimum atomic E-state index is -1.26. The molecule has 5 nitrogen and oxygen atoms in total. The molecule has 3 aromatic rings. The lowest BCUT2D eigenvalue weighted by Gasteiger charge is -2.09. The number of aromatic nitrogens is 3. The summed E-state index contributed by atoms with van der Waals surface area (Å²) in [5.41, 5.74) is 0.270. The first-order chi connectivity index (χ1) is 11.1. The quantitative estimate of drug-likeness (QED) is 0.803. The van der Waals surface area contributed by atoms with Gasteiger partial charge >= 0.3 is 5.97 Å². The molecule has 0 spiro atoms. The van der Waals surface area contributed by atoms with Crippen molar-refractivity contribution in [2.24, 2.45) is 0 Å². The summed E-state index contributed by atoms with van der Waals surface area (Å²) in [6.07, 6.45) is 0. The number of rotatable bonds is 4. The van der Waals surface area contributed by atoms with E-state index in [0.717, 1.165) is 12.1 Å². The van der Waals surface area contributed by atoms with Gasteiger partial charge < -0.3 is 5.11 Å². The summed E-state index contributed by atoms with van der Waals surface area (Å²) in [5, 5.41) is 16.6. The van der Waals surface area contributed by atoms with Crippen LogP contribution in [0, 0.1) is 11.6 Å². The molecular formula is C16H11F2N3O2. The molecule has 7 heteroatoms. The molecular weight excluding hydrogens is 304 g/mol. The van der Waals surface area contributed by atoms with Crippen LogP contribution in [0.25, 0.3) is 11.3 Å². The van der Waals surface area contributed by atoms with Crippen LogP contribution in [0.1, 0.15) is 16.1 Å². The highest BCUT2D eigenvalue weighted by Gasteiger charge is 2.22. The van der Waals surface area contributed by atoms with Crippen LogP contribution >= 0.6 is 0 Å². The molecule has 0 saturated carbocycles. The summed E-state index contributed by atoms with van der Waals surface area (Å²) < 4.78 is 28.8. The van der Waals surface area contributed by atoms with Gasteiger partial charge in [-0.15, -0.1) is 5.10 Å². The average molecular weight is 315 g/mol. The van der Waals surface area contributed by atoms with Gasteiger partial charge in [0.25, 0.3) is 0 Å². The van der Waals surface area contributed by atoms with E-state index in [4.69, 9.17) is 0 Å². The van der Waals surface area contributed by atoms with Crippen LogP contribution in [-0.4, -0.2) is 26.1 Å². The van der Waals surface area contributed by atoms with Crippen molar-refractivity contribution in [3.63, 3.8) is 0 Å². The fraction of sp³-hybridized carbons (Fsp3) is 0.0625. The molecule has 116 valence electrons. The highest BCUT2D eigenvalue weighted by Crippen LogP contribution is 2.24. The van der Waals surface area contributed by atoms with Crippen LogP contribution in [0.5, 0.6) is 0 Å². The molecule has 0 amide bonds. The van der Waals surface area contributed by atoms with Gasteiger partial charge in [0.2, 0.25) is 0 Å². The van der Waals surface area contributed by atoms with E-state index in [-0.39, 0.29) is 23.5 Å². The van der Waals surface area contributed by atoms with Crippen LogP contribution in [0.3, 0.4) is 0 Å². The third kappa shape index (κ3) is 2.80. The lowest BCUT2D eigenvalue weighted by atomic mass is 10.1. The van der Waals surface area contributed by atoms with Gasteiger partial charge in [0.15, 0.2) is 5.69 Å². The molecule has 0 aliphatic carbocycles. The molecule has 0 radical (unpaired) electrons. The third-order valence-corrected chi connectivity index (χ3v) is 3.35. The number of benzene rings is 2. The molecule has 23 heavy (non-hydrogen) atoms. The maximum absolute atomic E-state index is 13.8. The molecule has 0 bridgehead atoms. The van der Waals surface area contributed by atoms with Crippen molar-refractivity contribution in [1.82, 2.24) is 15.0 Å². The fourth-order valence-corrected chi connectivity index (χ4v) is 2.28. The predicted octanol–water partition coefficient (Wildman–Crippen LogP) is 2.97. The van der Waals surface area contributed by atoms with Crippen LogP contribution in [0.2, 0.25) is 0 Å². The van der Waals surface area contributed by atoms with Gasteiger partial charge in [-0.05, 0) is 12.1 Å². The van der Waals surface area contributed by atoms with E-state index in [1.807, 2.05) is 0 Å². The Morgan fingerprint density at radius 1 is 1.04 bits per heavy atom. The van der Waals surface area contributed by atoms with Gasteiger partial charge in [-0.3, -0.25) is 0 Å². The number of carboxylic acid groups (broad SMARTS) is 1. The molecule has 0 aliphatic rings. The van der Waals surface area contributed by atoms with Crippen molar-refractivity contribution >= 4 is 5.97 Å². The molecule has 0 atom stereocenters. The van der Waals surface area contributed by atoms with Crippen molar-refractivity contribution in [3.8, 4) is 11.3 Å². The van der Waals surface area contributed by atoms with Gasteiger partial charge in [0.1, 0.15) is 17.3 Å². The van der Waals surface area contributed by atoms with Crippen molar-refractivity contribution in [3.05, 3.63) is 71.4 Å². The van der Waals surface area contributed by atoms with E-state index >= 15 is 0 Å². The molecule has 0 aliphatic heterocycles. The number of aromatic carboxylic acids is 1. The Balaban J connectivity index is 2.12. The standard InChI is InChI=1S/C16H11F2N3O2/c17-12-7-4-8-13(18)11(12)9-21-15(10-5-2-1-3-6-10)14(16(22)23)19-20-21/h1-8H,9H2,(H,22,23). The van der Waals surface area contributed by atoms with Crippen molar-refractivity contribution in [2.75, 3.05) is 0 Å². The summed E-state index contributed by atoms with van der Waals surface area (Å²) in [6.45, 7) is -0.261. The average Bonchev–Trinajstić information content (AvgIpc) is 2.96. The Bertz CT molecular complexity index is 843. The van der Waals surface area contributed by atoms with Gasteiger partial charge in [0, 0.05) is 11.1 Å². The number of nitrogens with zero attached hydrogens (tertiary/aromatic N) is 3. The Kier molecular flexibility index (Phi) is 3.84. The minimum Gasteiger partial charge on any atom is -0.476 e. The molecule has 1 N–H and O–H groups in total. The van der Waals surface area contributed by atoms with Gasteiger partial charge in [0.05, 0.1) is 6.54 Å². The van der Waals surface area contributed by atoms with E-state index in [1.165, 1.54) is 10.7 Å². The first-order valence-corrected chi connectivity index (χ1v) is 6.73.